The van der Waals surface area contributed by atoms with E-state index in [1.54, 1.807) is 0 Å². The summed E-state index contributed by atoms with van der Waals surface area (Å²) in [4.78, 5) is 18.6. The van der Waals surface area contributed by atoms with Gasteiger partial charge in [-0.25, -0.2) is 4.98 Å². The van der Waals surface area contributed by atoms with Crippen molar-refractivity contribution in [1.29, 1.82) is 0 Å². The van der Waals surface area contributed by atoms with Gasteiger partial charge >= 0.3 is 0 Å². The summed E-state index contributed by atoms with van der Waals surface area (Å²) in [6.07, 6.45) is 6.76. The highest BCUT2D eigenvalue weighted by Crippen LogP contribution is 2.69. The fraction of sp³-hybridized carbons (Fsp3) is 0.182. The molecule has 0 saturated heterocycles. The number of benzene rings is 7. The molecule has 8 aromatic rings. The fourth-order valence-corrected chi connectivity index (χ4v) is 17.4. The molecule has 0 radical (unpaired) electrons. The molecule has 0 atom stereocenters. The maximum atomic E-state index is 5.54. The molecule has 5 aliphatic rings. The number of nitrogens with zero attached hydrogens (tertiary/aromatic N) is 4. The molecule has 0 unspecified atom stereocenters. The Bertz CT molecular complexity index is 2670. The quantitative estimate of drug-likeness (QED) is 0.119. The van der Waals surface area contributed by atoms with E-state index >= 15 is 0 Å². The first kappa shape index (κ1) is 35.5. The molecule has 7 aromatic carbocycles. The Morgan fingerprint density at radius 2 is 0.817 bits per heavy atom. The van der Waals surface area contributed by atoms with Gasteiger partial charge in [0.05, 0.1) is 11.4 Å². The fourth-order valence-electron chi connectivity index (χ4n) is 12.6. The maximum Gasteiger partial charge on any atom is 0.238 e. The van der Waals surface area contributed by atoms with Gasteiger partial charge in [-0.15, -0.1) is 0 Å². The van der Waals surface area contributed by atoms with Crippen molar-refractivity contribution in [2.24, 2.45) is 23.7 Å². The molecule has 290 valence electrons. The molecule has 0 N–H and O–H groups in total. The summed E-state index contributed by atoms with van der Waals surface area (Å²) in [6.45, 7) is 0. The van der Waals surface area contributed by atoms with Crippen molar-refractivity contribution in [3.8, 4) is 22.8 Å². The molecule has 4 saturated carbocycles. The maximum absolute atomic E-state index is 5.54. The van der Waals surface area contributed by atoms with E-state index in [0.29, 0.717) is 29.4 Å². The summed E-state index contributed by atoms with van der Waals surface area (Å²) >= 11 is 0. The molecule has 5 heteroatoms. The Hall–Kier alpha value is -6.43. The number of hydrogen-bond donors (Lipinski definition) is 0. The lowest BCUT2D eigenvalue weighted by atomic mass is 9.41. The van der Waals surface area contributed by atoms with E-state index in [2.05, 4.69) is 199 Å². The molecule has 60 heavy (non-hydrogen) atoms. The van der Waals surface area contributed by atoms with Crippen LogP contribution in [0.3, 0.4) is 0 Å². The van der Waals surface area contributed by atoms with E-state index < -0.39 is 8.07 Å². The van der Waals surface area contributed by atoms with Gasteiger partial charge in [0.25, 0.3) is 0 Å². The Kier molecular flexibility index (Phi) is 8.34. The van der Waals surface area contributed by atoms with Gasteiger partial charge in [-0.2, -0.15) is 9.97 Å². The smallest absolute Gasteiger partial charge is 0.238 e. The number of aromatic nitrogens is 3. The minimum atomic E-state index is -2.80. The molecule has 0 amide bonds. The average Bonchev–Trinajstić information content (AvgIpc) is 3.32. The molecule has 2 heterocycles. The second-order valence-corrected chi connectivity index (χ2v) is 21.4. The van der Waals surface area contributed by atoms with Crippen LogP contribution in [0.15, 0.2) is 194 Å². The number of fused-ring (bicyclic) bond motifs is 2. The minimum absolute atomic E-state index is 0.00380. The van der Waals surface area contributed by atoms with Gasteiger partial charge in [0.2, 0.25) is 5.95 Å². The zero-order chi connectivity index (χ0) is 39.7. The zero-order valence-corrected chi connectivity index (χ0v) is 34.6. The van der Waals surface area contributed by atoms with Crippen LogP contribution in [-0.4, -0.2) is 23.0 Å². The van der Waals surface area contributed by atoms with Crippen molar-refractivity contribution < 1.29 is 0 Å². The monoisotopic (exact) mass is 790 g/mol. The van der Waals surface area contributed by atoms with E-state index in [0.717, 1.165) is 23.0 Å². The number of rotatable bonds is 7. The van der Waals surface area contributed by atoms with Crippen LogP contribution in [0.1, 0.15) is 43.2 Å². The van der Waals surface area contributed by atoms with Crippen LogP contribution >= 0.6 is 0 Å². The van der Waals surface area contributed by atoms with Crippen molar-refractivity contribution in [1.82, 2.24) is 15.0 Å². The lowest BCUT2D eigenvalue weighted by molar-refractivity contribution is -0.0419. The third-order valence-electron chi connectivity index (χ3n) is 14.6. The highest BCUT2D eigenvalue weighted by Gasteiger charge is 2.61. The summed E-state index contributed by atoms with van der Waals surface area (Å²) in [5.41, 5.74) is 7.26. The third-order valence-corrected chi connectivity index (χ3v) is 19.4. The van der Waals surface area contributed by atoms with Crippen LogP contribution in [0.2, 0.25) is 0 Å². The summed E-state index contributed by atoms with van der Waals surface area (Å²) in [5.74, 6) is 5.04. The first-order valence-corrected chi connectivity index (χ1v) is 23.8. The highest BCUT2D eigenvalue weighted by molar-refractivity contribution is 7.19. The van der Waals surface area contributed by atoms with Crippen LogP contribution in [0, 0.1) is 23.7 Å². The van der Waals surface area contributed by atoms with E-state index in [4.69, 9.17) is 15.0 Å². The van der Waals surface area contributed by atoms with Gasteiger partial charge in [-0.3, -0.25) is 4.90 Å². The van der Waals surface area contributed by atoms with Crippen LogP contribution < -0.4 is 25.6 Å². The highest BCUT2D eigenvalue weighted by atomic mass is 28.3. The van der Waals surface area contributed by atoms with Crippen LogP contribution in [0.4, 0.5) is 17.3 Å². The standard InChI is InChI=1S/C55H46N4Si/c1-5-18-40(19-6-1)52-56-53(41-20-17-27-47(37-41)60(44-21-7-2-8-22-44,45-23-9-3-10-24-45)46-25-11-4-12-26-46)58-54(57-52)59-50-30-15-13-28-48(50)55(49-29-14-16-31-51(49)59)42-33-38-32-39(35-42)36-43(55)34-38/h1-31,37-39,42-43H,32-36H2. The van der Waals surface area contributed by atoms with Crippen LogP contribution in [0.25, 0.3) is 22.8 Å². The molecule has 4 nitrogen and oxygen atoms in total. The van der Waals surface area contributed by atoms with Crippen molar-refractivity contribution in [2.75, 3.05) is 4.90 Å². The van der Waals surface area contributed by atoms with Crippen LogP contribution in [-0.2, 0) is 5.41 Å². The van der Waals surface area contributed by atoms with Gasteiger partial charge in [0.1, 0.15) is 0 Å². The van der Waals surface area contributed by atoms with Gasteiger partial charge in [-0.1, -0.05) is 182 Å². The lowest BCUT2D eigenvalue weighted by Crippen LogP contribution is -2.74. The second kappa shape index (κ2) is 14.1. The molecule has 1 aromatic heterocycles. The van der Waals surface area contributed by atoms with Gasteiger partial charge in [0.15, 0.2) is 19.7 Å². The summed E-state index contributed by atoms with van der Waals surface area (Å²) in [5, 5.41) is 5.28. The molecule has 13 rings (SSSR count). The predicted molar refractivity (Wildman–Crippen MR) is 247 cm³/mol. The van der Waals surface area contributed by atoms with Gasteiger partial charge in [-0.05, 0) is 99.8 Å². The number of hydrogen-bond acceptors (Lipinski definition) is 4. The minimum Gasteiger partial charge on any atom is -0.278 e. The summed E-state index contributed by atoms with van der Waals surface area (Å²) in [7, 11) is -2.80. The van der Waals surface area contributed by atoms with E-state index in [1.165, 1.54) is 75.4 Å². The molecular weight excluding hydrogens is 745 g/mol. The summed E-state index contributed by atoms with van der Waals surface area (Å²) in [6, 6.07) is 71.3. The first-order valence-electron chi connectivity index (χ1n) is 21.8. The largest absolute Gasteiger partial charge is 0.278 e. The van der Waals surface area contributed by atoms with Gasteiger partial charge in [0, 0.05) is 16.5 Å². The Morgan fingerprint density at radius 1 is 0.400 bits per heavy atom. The van der Waals surface area contributed by atoms with Crippen LogP contribution in [0.5, 0.6) is 0 Å². The topological polar surface area (TPSA) is 41.9 Å². The second-order valence-electron chi connectivity index (χ2n) is 17.6. The molecular formula is C55H46N4Si. The number of para-hydroxylation sites is 2. The Balaban J connectivity index is 1.08. The van der Waals surface area contributed by atoms with Crippen molar-refractivity contribution in [3.63, 3.8) is 0 Å². The van der Waals surface area contributed by atoms with Crippen molar-refractivity contribution >= 4 is 46.1 Å². The normalized spacial score (nSPS) is 20.8. The predicted octanol–water partition coefficient (Wildman–Crippen LogP) is 10.1. The van der Waals surface area contributed by atoms with E-state index in [-0.39, 0.29) is 5.41 Å². The SMILES string of the molecule is c1ccc(-c2nc(-c3cccc([Si](c4ccccc4)(c4ccccc4)c4ccccc4)c3)nc(N3c4ccccc4C4(c5ccccc53)C3CC5CC(C3)CC4C5)n2)cc1. The molecule has 4 bridgehead atoms. The Morgan fingerprint density at radius 3 is 1.33 bits per heavy atom. The average molecular weight is 791 g/mol. The first-order chi connectivity index (χ1) is 29.7. The van der Waals surface area contributed by atoms with Gasteiger partial charge < -0.3 is 0 Å². The van der Waals surface area contributed by atoms with Crippen molar-refractivity contribution in [3.05, 3.63) is 205 Å². The Labute approximate surface area is 353 Å². The van der Waals surface area contributed by atoms with E-state index in [1.807, 2.05) is 0 Å². The third kappa shape index (κ3) is 5.31. The van der Waals surface area contributed by atoms with E-state index in [9.17, 15) is 0 Å². The molecule has 4 aliphatic carbocycles. The number of anilines is 3. The summed E-state index contributed by atoms with van der Waals surface area (Å²) < 4.78 is 0. The van der Waals surface area contributed by atoms with Crippen molar-refractivity contribution in [2.45, 2.75) is 37.5 Å². The molecule has 4 fully saturated rings. The lowest BCUT2D eigenvalue weighted by Gasteiger charge is -2.64. The zero-order valence-electron chi connectivity index (χ0n) is 33.6. The molecule has 1 aliphatic heterocycles. The molecule has 1 spiro atoms.